The van der Waals surface area contributed by atoms with Crippen LogP contribution < -0.4 is 15.4 Å². The molecule has 2 amide bonds. The van der Waals surface area contributed by atoms with E-state index in [9.17, 15) is 4.79 Å². The van der Waals surface area contributed by atoms with Gasteiger partial charge >= 0.3 is 6.03 Å². The van der Waals surface area contributed by atoms with Crippen molar-refractivity contribution in [1.82, 2.24) is 10.6 Å². The molecule has 2 atom stereocenters. The van der Waals surface area contributed by atoms with Gasteiger partial charge in [-0.15, -0.1) is 0 Å². The third kappa shape index (κ3) is 5.09. The van der Waals surface area contributed by atoms with E-state index in [0.717, 1.165) is 31.6 Å². The van der Waals surface area contributed by atoms with Crippen LogP contribution in [0.5, 0.6) is 5.75 Å². The zero-order valence-electron chi connectivity index (χ0n) is 15.1. The van der Waals surface area contributed by atoms with E-state index >= 15 is 0 Å². The highest BCUT2D eigenvalue weighted by Crippen LogP contribution is 2.32. The first kappa shape index (κ1) is 18.0. The zero-order valence-corrected chi connectivity index (χ0v) is 15.1. The predicted molar refractivity (Wildman–Crippen MR) is 95.1 cm³/mol. The fraction of sp³-hybridized carbons (Fsp3) is 0.632. The van der Waals surface area contributed by atoms with E-state index in [1.165, 1.54) is 11.1 Å². The fourth-order valence-electron chi connectivity index (χ4n) is 3.60. The third-order valence-corrected chi connectivity index (χ3v) is 4.75. The maximum Gasteiger partial charge on any atom is 0.315 e. The van der Waals surface area contributed by atoms with Crippen molar-refractivity contribution >= 4 is 6.03 Å². The van der Waals surface area contributed by atoms with Crippen LogP contribution in [0.25, 0.3) is 0 Å². The molecule has 2 unspecified atom stereocenters. The third-order valence-electron chi connectivity index (χ3n) is 4.75. The van der Waals surface area contributed by atoms with Crippen molar-refractivity contribution in [3.63, 3.8) is 0 Å². The largest absolute Gasteiger partial charge is 0.492 e. The van der Waals surface area contributed by atoms with Crippen LogP contribution in [0.15, 0.2) is 18.2 Å². The summed E-state index contributed by atoms with van der Waals surface area (Å²) in [6.45, 7) is 7.05. The lowest BCUT2D eigenvalue weighted by Gasteiger charge is -2.37. The number of carbonyl (C=O) groups is 1. The van der Waals surface area contributed by atoms with E-state index in [4.69, 9.17) is 14.2 Å². The van der Waals surface area contributed by atoms with Gasteiger partial charge in [-0.1, -0.05) is 6.07 Å². The first-order chi connectivity index (χ1) is 12.0. The molecule has 3 rings (SSSR count). The molecule has 2 aliphatic rings. The fourth-order valence-corrected chi connectivity index (χ4v) is 3.60. The van der Waals surface area contributed by atoms with Gasteiger partial charge in [0, 0.05) is 25.7 Å². The van der Waals surface area contributed by atoms with Gasteiger partial charge < -0.3 is 24.8 Å². The van der Waals surface area contributed by atoms with Crippen LogP contribution in [-0.4, -0.2) is 50.6 Å². The molecule has 1 aromatic carbocycles. The van der Waals surface area contributed by atoms with Crippen molar-refractivity contribution in [3.05, 3.63) is 29.3 Å². The summed E-state index contributed by atoms with van der Waals surface area (Å²) in [5, 5.41) is 5.91. The Morgan fingerprint density at radius 1 is 1.28 bits per heavy atom. The van der Waals surface area contributed by atoms with Gasteiger partial charge in [0.25, 0.3) is 0 Å². The van der Waals surface area contributed by atoms with Crippen molar-refractivity contribution in [2.75, 3.05) is 33.0 Å². The Morgan fingerprint density at radius 3 is 2.80 bits per heavy atom. The summed E-state index contributed by atoms with van der Waals surface area (Å²) < 4.78 is 17.1. The van der Waals surface area contributed by atoms with Gasteiger partial charge in [0.1, 0.15) is 12.4 Å². The number of hydrogen-bond acceptors (Lipinski definition) is 4. The molecule has 25 heavy (non-hydrogen) atoms. The number of carbonyl (C=O) groups excluding carboxylic acids is 1. The standard InChI is InChI=1S/C19H28N2O4/c1-14-9-15(2)11-17(10-14)24-8-5-20-18(22)21-16-3-6-25-19(12-16)4-7-23-13-19/h9-11,16H,3-8,12-13H2,1-2H3,(H2,20,21,22). The number of ether oxygens (including phenoxy) is 3. The van der Waals surface area contributed by atoms with E-state index in [1.807, 2.05) is 26.0 Å². The molecule has 1 aromatic rings. The number of benzene rings is 1. The van der Waals surface area contributed by atoms with Crippen LogP contribution in [0.4, 0.5) is 4.79 Å². The van der Waals surface area contributed by atoms with Crippen molar-refractivity contribution in [2.45, 2.75) is 44.8 Å². The Bertz CT molecular complexity index is 579. The highest BCUT2D eigenvalue weighted by Gasteiger charge is 2.41. The lowest BCUT2D eigenvalue weighted by molar-refractivity contribution is -0.0878. The molecule has 0 bridgehead atoms. The summed E-state index contributed by atoms with van der Waals surface area (Å²) in [5.74, 6) is 0.840. The van der Waals surface area contributed by atoms with Crippen LogP contribution in [0.3, 0.4) is 0 Å². The Kier molecular flexibility index (Phi) is 5.81. The van der Waals surface area contributed by atoms with E-state index in [2.05, 4.69) is 16.7 Å². The van der Waals surface area contributed by atoms with Gasteiger partial charge in [-0.05, 0) is 49.9 Å². The van der Waals surface area contributed by atoms with E-state index in [-0.39, 0.29) is 17.7 Å². The second kappa shape index (κ2) is 8.06. The van der Waals surface area contributed by atoms with Crippen LogP contribution in [0.1, 0.15) is 30.4 Å². The van der Waals surface area contributed by atoms with Crippen LogP contribution >= 0.6 is 0 Å². The topological polar surface area (TPSA) is 68.8 Å². The first-order valence-corrected chi connectivity index (χ1v) is 9.02. The molecule has 6 nitrogen and oxygen atoms in total. The predicted octanol–water partition coefficient (Wildman–Crippen LogP) is 2.32. The number of urea groups is 1. The quantitative estimate of drug-likeness (QED) is 0.802. The van der Waals surface area contributed by atoms with Gasteiger partial charge in [-0.25, -0.2) is 4.79 Å². The SMILES string of the molecule is Cc1cc(C)cc(OCCNC(=O)NC2CCOC3(CCOC3)C2)c1. The van der Waals surface area contributed by atoms with Gasteiger partial charge in [-0.3, -0.25) is 0 Å². The van der Waals surface area contributed by atoms with Crippen molar-refractivity contribution < 1.29 is 19.0 Å². The summed E-state index contributed by atoms with van der Waals surface area (Å²) in [4.78, 5) is 12.1. The summed E-state index contributed by atoms with van der Waals surface area (Å²) in [6, 6.07) is 6.09. The number of aryl methyl sites for hydroxylation is 2. The minimum Gasteiger partial charge on any atom is -0.492 e. The Balaban J connectivity index is 1.36. The Morgan fingerprint density at radius 2 is 2.08 bits per heavy atom. The highest BCUT2D eigenvalue weighted by molar-refractivity contribution is 5.74. The van der Waals surface area contributed by atoms with Gasteiger partial charge in [0.05, 0.1) is 18.8 Å². The van der Waals surface area contributed by atoms with Crippen LogP contribution in [-0.2, 0) is 9.47 Å². The molecular formula is C19H28N2O4. The lowest BCUT2D eigenvalue weighted by atomic mass is 9.90. The minimum atomic E-state index is -0.192. The monoisotopic (exact) mass is 348 g/mol. The molecule has 2 saturated heterocycles. The Hall–Kier alpha value is -1.79. The van der Waals surface area contributed by atoms with Crippen molar-refractivity contribution in [3.8, 4) is 5.75 Å². The number of hydrogen-bond donors (Lipinski definition) is 2. The average Bonchev–Trinajstić information content (AvgIpc) is 2.98. The molecule has 0 aromatic heterocycles. The van der Waals surface area contributed by atoms with Gasteiger partial charge in [0.15, 0.2) is 0 Å². The van der Waals surface area contributed by atoms with E-state index in [1.54, 1.807) is 0 Å². The number of nitrogens with one attached hydrogen (secondary N) is 2. The van der Waals surface area contributed by atoms with Gasteiger partial charge in [-0.2, -0.15) is 0 Å². The van der Waals surface area contributed by atoms with Gasteiger partial charge in [0.2, 0.25) is 0 Å². The lowest BCUT2D eigenvalue weighted by Crippen LogP contribution is -2.51. The molecule has 0 saturated carbocycles. The van der Waals surface area contributed by atoms with Crippen LogP contribution in [0, 0.1) is 13.8 Å². The van der Waals surface area contributed by atoms with E-state index < -0.39 is 0 Å². The maximum atomic E-state index is 12.1. The molecule has 2 heterocycles. The molecule has 2 aliphatic heterocycles. The Labute approximate surface area is 149 Å². The maximum absolute atomic E-state index is 12.1. The second-order valence-electron chi connectivity index (χ2n) is 7.10. The van der Waals surface area contributed by atoms with Crippen molar-refractivity contribution in [2.24, 2.45) is 0 Å². The summed E-state index contributed by atoms with van der Waals surface area (Å²) in [5.41, 5.74) is 2.15. The molecule has 2 fully saturated rings. The molecule has 2 N–H and O–H groups in total. The summed E-state index contributed by atoms with van der Waals surface area (Å²) in [6.07, 6.45) is 2.57. The normalized spacial score (nSPS) is 25.8. The number of rotatable bonds is 5. The minimum absolute atomic E-state index is 0.135. The summed E-state index contributed by atoms with van der Waals surface area (Å²) >= 11 is 0. The zero-order chi connectivity index (χ0) is 17.7. The molecule has 0 radical (unpaired) electrons. The average molecular weight is 348 g/mol. The molecule has 6 heteroatoms. The molecule has 1 spiro atoms. The first-order valence-electron chi connectivity index (χ1n) is 9.02. The second-order valence-corrected chi connectivity index (χ2v) is 7.10. The van der Waals surface area contributed by atoms with E-state index in [0.29, 0.717) is 26.4 Å². The smallest absolute Gasteiger partial charge is 0.315 e. The van der Waals surface area contributed by atoms with Crippen molar-refractivity contribution in [1.29, 1.82) is 0 Å². The highest BCUT2D eigenvalue weighted by atomic mass is 16.6. The molecule has 0 aliphatic carbocycles. The molecular weight excluding hydrogens is 320 g/mol. The van der Waals surface area contributed by atoms with Crippen LogP contribution in [0.2, 0.25) is 0 Å². The summed E-state index contributed by atoms with van der Waals surface area (Å²) in [7, 11) is 0. The molecule has 138 valence electrons. The number of amides is 2.